The smallest absolute Gasteiger partial charge is 0.251 e. The summed E-state index contributed by atoms with van der Waals surface area (Å²) in [5.74, 6) is -0.285. The van der Waals surface area contributed by atoms with Crippen LogP contribution in [0.5, 0.6) is 0 Å². The average Bonchev–Trinajstić information content (AvgIpc) is 3.35. The lowest BCUT2D eigenvalue weighted by Gasteiger charge is -2.44. The van der Waals surface area contributed by atoms with Gasteiger partial charge >= 0.3 is 0 Å². The third-order valence-corrected chi connectivity index (χ3v) is 7.46. The molecule has 2 amide bonds. The first-order valence-corrected chi connectivity index (χ1v) is 12.5. The summed E-state index contributed by atoms with van der Waals surface area (Å²) in [7, 11) is 0. The summed E-state index contributed by atoms with van der Waals surface area (Å²) in [4.78, 5) is 36.4. The summed E-state index contributed by atoms with van der Waals surface area (Å²) >= 11 is 3.40. The molecule has 3 N–H and O–H groups in total. The van der Waals surface area contributed by atoms with Crippen molar-refractivity contribution in [3.63, 3.8) is 0 Å². The van der Waals surface area contributed by atoms with E-state index < -0.39 is 6.04 Å². The molecular formula is C26H28BrN5O2. The van der Waals surface area contributed by atoms with Crippen molar-refractivity contribution in [2.75, 3.05) is 19.6 Å². The highest BCUT2D eigenvalue weighted by Gasteiger charge is 2.42. The van der Waals surface area contributed by atoms with E-state index >= 15 is 0 Å². The molecule has 2 aromatic carbocycles. The van der Waals surface area contributed by atoms with Gasteiger partial charge in [-0.15, -0.1) is 0 Å². The van der Waals surface area contributed by atoms with Crippen molar-refractivity contribution in [3.8, 4) is 0 Å². The highest BCUT2D eigenvalue weighted by molar-refractivity contribution is 9.10. The number of hydrogen-bond acceptors (Lipinski definition) is 4. The maximum atomic E-state index is 13.7. The Morgan fingerprint density at radius 2 is 1.82 bits per heavy atom. The van der Waals surface area contributed by atoms with Gasteiger partial charge in [-0.3, -0.25) is 9.59 Å². The van der Waals surface area contributed by atoms with E-state index in [1.165, 1.54) is 5.69 Å². The predicted octanol–water partition coefficient (Wildman–Crippen LogP) is 3.18. The molecule has 0 aliphatic carbocycles. The van der Waals surface area contributed by atoms with Gasteiger partial charge in [-0.05, 0) is 42.7 Å². The Kier molecular flexibility index (Phi) is 6.52. The summed E-state index contributed by atoms with van der Waals surface area (Å²) < 4.78 is 0.902. The van der Waals surface area contributed by atoms with Crippen LogP contribution >= 0.6 is 15.9 Å². The van der Waals surface area contributed by atoms with Gasteiger partial charge in [-0.2, -0.15) is 0 Å². The molecule has 5 rings (SSSR count). The molecule has 1 atom stereocenters. The number of aromatic amines is 1. The summed E-state index contributed by atoms with van der Waals surface area (Å²) in [6, 6.07) is 16.4. The van der Waals surface area contributed by atoms with E-state index in [2.05, 4.69) is 36.5 Å². The maximum Gasteiger partial charge on any atom is 0.251 e. The van der Waals surface area contributed by atoms with Crippen LogP contribution in [0, 0.1) is 0 Å². The lowest BCUT2D eigenvalue weighted by molar-refractivity contribution is -0.135. The van der Waals surface area contributed by atoms with E-state index in [4.69, 9.17) is 0 Å². The van der Waals surface area contributed by atoms with Gasteiger partial charge in [0, 0.05) is 48.2 Å². The summed E-state index contributed by atoms with van der Waals surface area (Å²) in [6.07, 6.45) is 4.77. The highest BCUT2D eigenvalue weighted by atomic mass is 79.9. The van der Waals surface area contributed by atoms with Crippen LogP contribution in [-0.4, -0.2) is 52.4 Å². The zero-order valence-corrected chi connectivity index (χ0v) is 20.5. The van der Waals surface area contributed by atoms with Gasteiger partial charge in [0.25, 0.3) is 5.91 Å². The quantitative estimate of drug-likeness (QED) is 0.480. The third-order valence-electron chi connectivity index (χ3n) is 6.93. The Bertz CT molecular complexity index is 1150. The molecule has 0 saturated carbocycles. The molecule has 8 heteroatoms. The number of nitrogens with one attached hydrogen (secondary N) is 3. The molecule has 0 unspecified atom stereocenters. The molecule has 176 valence electrons. The molecule has 0 bridgehead atoms. The van der Waals surface area contributed by atoms with E-state index in [9.17, 15) is 9.59 Å². The first-order valence-electron chi connectivity index (χ1n) is 11.7. The molecule has 7 nitrogen and oxygen atoms in total. The van der Waals surface area contributed by atoms with Crippen molar-refractivity contribution in [1.29, 1.82) is 0 Å². The van der Waals surface area contributed by atoms with Crippen LogP contribution in [0.3, 0.4) is 0 Å². The molecule has 1 fully saturated rings. The number of likely N-dealkylation sites (tertiary alicyclic amines) is 1. The van der Waals surface area contributed by atoms with Crippen LogP contribution in [-0.2, 0) is 23.2 Å². The van der Waals surface area contributed by atoms with Gasteiger partial charge in [0.1, 0.15) is 6.04 Å². The number of aromatic nitrogens is 2. The van der Waals surface area contributed by atoms with Crippen LogP contribution < -0.4 is 10.6 Å². The zero-order valence-electron chi connectivity index (χ0n) is 18.9. The van der Waals surface area contributed by atoms with Crippen molar-refractivity contribution >= 4 is 27.7 Å². The van der Waals surface area contributed by atoms with Gasteiger partial charge in [0.2, 0.25) is 5.91 Å². The minimum Gasteiger partial charge on any atom is -0.348 e. The Morgan fingerprint density at radius 1 is 1.09 bits per heavy atom. The van der Waals surface area contributed by atoms with E-state index in [1.807, 2.05) is 47.4 Å². The minimum atomic E-state index is -0.632. The SMILES string of the molecule is O=C(N[C@@H](Cc1ccccc1)C(=O)N1CCC2(CC1)NCCc1[nH]cnc12)c1ccc(Br)cc1. The van der Waals surface area contributed by atoms with Gasteiger partial charge in [-0.25, -0.2) is 4.98 Å². The number of benzene rings is 2. The standard InChI is InChI=1S/C26H28BrN5O2/c27-20-8-6-19(7-9-20)24(33)31-22(16-18-4-2-1-3-5-18)25(34)32-14-11-26(12-15-32)23-21(10-13-30-26)28-17-29-23/h1-9,17,22,30H,10-16H2,(H,28,29)(H,31,33)/t22-/m0/s1. The molecule has 1 spiro atoms. The maximum absolute atomic E-state index is 13.7. The fraction of sp³-hybridized carbons (Fsp3) is 0.346. The Hall–Kier alpha value is -2.97. The van der Waals surface area contributed by atoms with Crippen molar-refractivity contribution in [1.82, 2.24) is 25.5 Å². The zero-order chi connectivity index (χ0) is 23.5. The number of nitrogens with zero attached hydrogens (tertiary/aromatic N) is 2. The molecular weight excluding hydrogens is 494 g/mol. The van der Waals surface area contributed by atoms with Crippen molar-refractivity contribution in [2.24, 2.45) is 0 Å². The van der Waals surface area contributed by atoms with Crippen molar-refractivity contribution in [2.45, 2.75) is 37.3 Å². The second-order valence-corrected chi connectivity index (χ2v) is 9.95. The van der Waals surface area contributed by atoms with Gasteiger partial charge in [0.05, 0.1) is 17.6 Å². The molecule has 3 aromatic rings. The molecule has 3 heterocycles. The van der Waals surface area contributed by atoms with Crippen LogP contribution in [0.4, 0.5) is 0 Å². The number of rotatable bonds is 5. The second kappa shape index (κ2) is 9.72. The lowest BCUT2D eigenvalue weighted by Crippen LogP contribution is -2.58. The molecule has 1 saturated heterocycles. The number of fused-ring (bicyclic) bond motifs is 2. The number of carbonyl (C=O) groups is 2. The number of imidazole rings is 1. The Morgan fingerprint density at radius 3 is 2.56 bits per heavy atom. The number of carbonyl (C=O) groups excluding carboxylic acids is 2. The molecule has 2 aliphatic heterocycles. The molecule has 34 heavy (non-hydrogen) atoms. The number of H-pyrrole nitrogens is 1. The molecule has 0 radical (unpaired) electrons. The van der Waals surface area contributed by atoms with Gasteiger partial charge < -0.3 is 20.5 Å². The third kappa shape index (κ3) is 4.65. The summed E-state index contributed by atoms with van der Waals surface area (Å²) in [5.41, 5.74) is 3.65. The van der Waals surface area contributed by atoms with Crippen molar-refractivity contribution in [3.05, 3.63) is 87.9 Å². The van der Waals surface area contributed by atoms with Crippen LogP contribution in [0.15, 0.2) is 65.4 Å². The van der Waals surface area contributed by atoms with Crippen molar-refractivity contribution < 1.29 is 9.59 Å². The monoisotopic (exact) mass is 521 g/mol. The number of hydrogen-bond donors (Lipinski definition) is 3. The predicted molar refractivity (Wildman–Crippen MR) is 133 cm³/mol. The fourth-order valence-corrected chi connectivity index (χ4v) is 5.33. The van der Waals surface area contributed by atoms with Crippen LogP contribution in [0.2, 0.25) is 0 Å². The molecule has 2 aliphatic rings. The largest absolute Gasteiger partial charge is 0.348 e. The first-order chi connectivity index (χ1) is 16.5. The lowest BCUT2D eigenvalue weighted by atomic mass is 9.80. The number of halogens is 1. The number of piperidine rings is 1. The topological polar surface area (TPSA) is 90.1 Å². The average molecular weight is 522 g/mol. The minimum absolute atomic E-state index is 0.0396. The van der Waals surface area contributed by atoms with E-state index in [-0.39, 0.29) is 17.4 Å². The van der Waals surface area contributed by atoms with E-state index in [0.717, 1.165) is 41.5 Å². The summed E-state index contributed by atoms with van der Waals surface area (Å²) in [5, 5.41) is 6.67. The normalized spacial score (nSPS) is 17.7. The van der Waals surface area contributed by atoms with E-state index in [0.29, 0.717) is 25.1 Å². The Balaban J connectivity index is 1.31. The van der Waals surface area contributed by atoms with Crippen LogP contribution in [0.1, 0.15) is 40.2 Å². The second-order valence-electron chi connectivity index (χ2n) is 9.04. The Labute approximate surface area is 207 Å². The van der Waals surface area contributed by atoms with Crippen LogP contribution in [0.25, 0.3) is 0 Å². The molecule has 1 aromatic heterocycles. The first kappa shape index (κ1) is 22.8. The number of amides is 2. The highest BCUT2D eigenvalue weighted by Crippen LogP contribution is 2.36. The van der Waals surface area contributed by atoms with E-state index in [1.54, 1.807) is 18.5 Å². The van der Waals surface area contributed by atoms with Gasteiger partial charge in [-0.1, -0.05) is 46.3 Å². The summed E-state index contributed by atoms with van der Waals surface area (Å²) in [6.45, 7) is 2.15. The fourth-order valence-electron chi connectivity index (χ4n) is 5.07. The van der Waals surface area contributed by atoms with Gasteiger partial charge in [0.15, 0.2) is 0 Å².